The van der Waals surface area contributed by atoms with E-state index in [1.807, 2.05) is 0 Å². The van der Waals surface area contributed by atoms with Gasteiger partial charge in [0.15, 0.2) is 5.76 Å². The number of amides is 1. The Hall–Kier alpha value is -2.96. The summed E-state index contributed by atoms with van der Waals surface area (Å²) >= 11 is 0. The first-order valence-corrected chi connectivity index (χ1v) is 6.61. The molecule has 0 bridgehead atoms. The minimum absolute atomic E-state index is 0.147. The van der Waals surface area contributed by atoms with Crippen molar-refractivity contribution >= 4 is 22.6 Å². The number of nitrogens with one attached hydrogen (secondary N) is 1. The fourth-order valence-corrected chi connectivity index (χ4v) is 2.38. The van der Waals surface area contributed by atoms with Crippen molar-refractivity contribution in [3.63, 3.8) is 0 Å². The molecular weight excluding hydrogens is 286 g/mol. The van der Waals surface area contributed by atoms with Gasteiger partial charge in [-0.25, -0.2) is 4.79 Å². The molecule has 0 aliphatic rings. The van der Waals surface area contributed by atoms with Crippen LogP contribution in [-0.4, -0.2) is 22.2 Å². The van der Waals surface area contributed by atoms with Gasteiger partial charge in [-0.15, -0.1) is 0 Å². The lowest BCUT2D eigenvalue weighted by Gasteiger charge is -2.10. The van der Waals surface area contributed by atoms with Crippen LogP contribution in [-0.2, 0) is 14.1 Å². The molecule has 7 heteroatoms. The molecule has 1 aromatic carbocycles. The highest BCUT2D eigenvalue weighted by Crippen LogP contribution is 2.30. The first-order valence-electron chi connectivity index (χ1n) is 6.61. The Morgan fingerprint density at radius 3 is 2.50 bits per heavy atom. The zero-order valence-electron chi connectivity index (χ0n) is 12.4. The van der Waals surface area contributed by atoms with Gasteiger partial charge in [0.05, 0.1) is 30.1 Å². The van der Waals surface area contributed by atoms with Crippen molar-refractivity contribution in [2.45, 2.75) is 0 Å². The molecular formula is C15H15N3O4. The van der Waals surface area contributed by atoms with E-state index in [0.29, 0.717) is 17.0 Å². The lowest BCUT2D eigenvalue weighted by molar-refractivity contribution is 0.0996. The van der Waals surface area contributed by atoms with Crippen LogP contribution in [0.3, 0.4) is 0 Å². The lowest BCUT2D eigenvalue weighted by Crippen LogP contribution is -2.19. The molecule has 2 heterocycles. The Bertz CT molecular complexity index is 903. The Morgan fingerprint density at radius 1 is 1.23 bits per heavy atom. The summed E-state index contributed by atoms with van der Waals surface area (Å²) in [5, 5.41) is 2.73. The number of hydrogen-bond acceptors (Lipinski definition) is 4. The molecule has 1 N–H and O–H groups in total. The molecule has 0 radical (unpaired) electrons. The number of ether oxygens (including phenoxy) is 1. The van der Waals surface area contributed by atoms with Crippen LogP contribution in [0.15, 0.2) is 39.7 Å². The number of imidazole rings is 1. The Labute approximate surface area is 125 Å². The first-order chi connectivity index (χ1) is 10.5. The van der Waals surface area contributed by atoms with Gasteiger partial charge in [0.2, 0.25) is 0 Å². The summed E-state index contributed by atoms with van der Waals surface area (Å²) in [4.78, 5) is 24.1. The van der Waals surface area contributed by atoms with Gasteiger partial charge in [0, 0.05) is 20.2 Å². The molecule has 0 saturated carbocycles. The van der Waals surface area contributed by atoms with Crippen molar-refractivity contribution < 1.29 is 13.9 Å². The smallest absolute Gasteiger partial charge is 0.328 e. The number of rotatable bonds is 3. The van der Waals surface area contributed by atoms with Gasteiger partial charge in [0.25, 0.3) is 5.91 Å². The summed E-state index contributed by atoms with van der Waals surface area (Å²) in [5.41, 5.74) is 1.74. The number of hydrogen-bond donors (Lipinski definition) is 1. The van der Waals surface area contributed by atoms with Gasteiger partial charge in [0.1, 0.15) is 5.75 Å². The summed E-state index contributed by atoms with van der Waals surface area (Å²) < 4.78 is 13.4. The SMILES string of the molecule is COc1cc2c(cc1NC(=O)c1ccco1)n(C)c(=O)n2C. The summed E-state index contributed by atoms with van der Waals surface area (Å²) in [6.45, 7) is 0. The second kappa shape index (κ2) is 5.10. The number of benzene rings is 1. The predicted molar refractivity (Wildman–Crippen MR) is 81.4 cm³/mol. The van der Waals surface area contributed by atoms with Crippen LogP contribution in [0.25, 0.3) is 11.0 Å². The Morgan fingerprint density at radius 2 is 1.91 bits per heavy atom. The zero-order chi connectivity index (χ0) is 15.9. The maximum absolute atomic E-state index is 12.1. The van der Waals surface area contributed by atoms with Crippen molar-refractivity contribution in [2.24, 2.45) is 14.1 Å². The fourth-order valence-electron chi connectivity index (χ4n) is 2.38. The molecule has 114 valence electrons. The van der Waals surface area contributed by atoms with Crippen molar-refractivity contribution in [3.05, 3.63) is 46.8 Å². The number of nitrogens with zero attached hydrogens (tertiary/aromatic N) is 2. The van der Waals surface area contributed by atoms with Crippen LogP contribution in [0.4, 0.5) is 5.69 Å². The summed E-state index contributed by atoms with van der Waals surface area (Å²) in [6.07, 6.45) is 1.43. The molecule has 0 aliphatic carbocycles. The molecule has 7 nitrogen and oxygen atoms in total. The average molecular weight is 301 g/mol. The molecule has 0 unspecified atom stereocenters. The van der Waals surface area contributed by atoms with Crippen molar-refractivity contribution in [2.75, 3.05) is 12.4 Å². The first kappa shape index (κ1) is 14.0. The van der Waals surface area contributed by atoms with Crippen LogP contribution in [0.2, 0.25) is 0 Å². The topological polar surface area (TPSA) is 78.4 Å². The van der Waals surface area contributed by atoms with Gasteiger partial charge in [-0.1, -0.05) is 0 Å². The molecule has 1 amide bonds. The largest absolute Gasteiger partial charge is 0.494 e. The highest BCUT2D eigenvalue weighted by molar-refractivity contribution is 6.04. The van der Waals surface area contributed by atoms with E-state index in [1.165, 1.54) is 22.5 Å². The number of aryl methyl sites for hydroxylation is 2. The summed E-state index contributed by atoms with van der Waals surface area (Å²) in [6, 6.07) is 6.62. The Balaban J connectivity index is 2.11. The number of methoxy groups -OCH3 is 1. The third kappa shape index (κ3) is 2.07. The predicted octanol–water partition coefficient (Wildman–Crippen LogP) is 1.73. The monoisotopic (exact) mass is 301 g/mol. The molecule has 0 spiro atoms. The minimum Gasteiger partial charge on any atom is -0.494 e. The molecule has 0 aliphatic heterocycles. The van der Waals surface area contributed by atoms with Crippen LogP contribution >= 0.6 is 0 Å². The molecule has 3 aromatic rings. The van der Waals surface area contributed by atoms with Crippen LogP contribution < -0.4 is 15.7 Å². The quantitative estimate of drug-likeness (QED) is 0.799. The van der Waals surface area contributed by atoms with Gasteiger partial charge in [-0.05, 0) is 18.2 Å². The van der Waals surface area contributed by atoms with E-state index < -0.39 is 0 Å². The third-order valence-corrected chi connectivity index (χ3v) is 3.59. The highest BCUT2D eigenvalue weighted by Gasteiger charge is 2.16. The van der Waals surface area contributed by atoms with Crippen LogP contribution in [0, 0.1) is 0 Å². The summed E-state index contributed by atoms with van der Waals surface area (Å²) in [7, 11) is 4.87. The maximum atomic E-state index is 12.1. The highest BCUT2D eigenvalue weighted by atomic mass is 16.5. The second-order valence-corrected chi connectivity index (χ2v) is 4.87. The van der Waals surface area contributed by atoms with E-state index in [9.17, 15) is 9.59 Å². The fraction of sp³-hybridized carbons (Fsp3) is 0.200. The van der Waals surface area contributed by atoms with E-state index in [4.69, 9.17) is 9.15 Å². The minimum atomic E-state index is -0.386. The molecule has 2 aromatic heterocycles. The summed E-state index contributed by atoms with van der Waals surface area (Å²) in [5.74, 6) is 0.279. The van der Waals surface area contributed by atoms with E-state index >= 15 is 0 Å². The molecule has 0 atom stereocenters. The molecule has 0 saturated heterocycles. The van der Waals surface area contributed by atoms with Crippen LogP contribution in [0.1, 0.15) is 10.6 Å². The zero-order valence-corrected chi connectivity index (χ0v) is 12.4. The van der Waals surface area contributed by atoms with Crippen molar-refractivity contribution in [3.8, 4) is 5.75 Å². The van der Waals surface area contributed by atoms with Crippen molar-refractivity contribution in [1.29, 1.82) is 0 Å². The number of fused-ring (bicyclic) bond motifs is 1. The molecule has 22 heavy (non-hydrogen) atoms. The number of aromatic nitrogens is 2. The van der Waals surface area contributed by atoms with E-state index in [-0.39, 0.29) is 17.4 Å². The normalized spacial score (nSPS) is 10.9. The van der Waals surface area contributed by atoms with Gasteiger partial charge in [-0.2, -0.15) is 0 Å². The Kier molecular flexibility index (Phi) is 3.25. The molecule has 0 fully saturated rings. The van der Waals surface area contributed by atoms with Gasteiger partial charge in [-0.3, -0.25) is 13.9 Å². The standard InChI is InChI=1S/C15H15N3O4/c1-17-10-7-9(16-14(19)12-5-4-6-22-12)13(21-3)8-11(10)18(2)15(17)20/h4-8H,1-3H3,(H,16,19). The lowest BCUT2D eigenvalue weighted by atomic mass is 10.2. The maximum Gasteiger partial charge on any atom is 0.328 e. The second-order valence-electron chi connectivity index (χ2n) is 4.87. The van der Waals surface area contributed by atoms with E-state index in [2.05, 4.69) is 5.32 Å². The van der Waals surface area contributed by atoms with E-state index in [0.717, 1.165) is 5.52 Å². The average Bonchev–Trinajstić information content (AvgIpc) is 3.12. The number of carbonyl (C=O) groups excluding carboxylic acids is 1. The van der Waals surface area contributed by atoms with Gasteiger partial charge < -0.3 is 14.5 Å². The number of furan rings is 1. The number of carbonyl (C=O) groups is 1. The molecule has 3 rings (SSSR count). The van der Waals surface area contributed by atoms with Gasteiger partial charge >= 0.3 is 5.69 Å². The van der Waals surface area contributed by atoms with E-state index in [1.54, 1.807) is 38.4 Å². The van der Waals surface area contributed by atoms with Crippen LogP contribution in [0.5, 0.6) is 5.75 Å². The number of anilines is 1. The third-order valence-electron chi connectivity index (χ3n) is 3.59. The van der Waals surface area contributed by atoms with Crippen molar-refractivity contribution in [1.82, 2.24) is 9.13 Å².